The molecule has 3 heterocycles. The number of hydrogen-bond acceptors (Lipinski definition) is 5. The Labute approximate surface area is 161 Å². The van der Waals surface area contributed by atoms with Crippen molar-refractivity contribution in [2.45, 2.75) is 59.3 Å². The Morgan fingerprint density at radius 1 is 1.22 bits per heavy atom. The van der Waals surface area contributed by atoms with Gasteiger partial charge in [-0.05, 0) is 45.4 Å². The van der Waals surface area contributed by atoms with Crippen molar-refractivity contribution >= 4 is 17.5 Å². The number of aryl methyl sites for hydroxylation is 2. The molecule has 3 rings (SSSR count). The monoisotopic (exact) mass is 370 g/mol. The van der Waals surface area contributed by atoms with Crippen LogP contribution in [0.4, 0.5) is 11.6 Å². The molecule has 0 radical (unpaired) electrons. The minimum absolute atomic E-state index is 0.314. The number of aromatic amines is 1. The summed E-state index contributed by atoms with van der Waals surface area (Å²) < 4.78 is 0. The van der Waals surface area contributed by atoms with Gasteiger partial charge in [-0.1, -0.05) is 13.3 Å². The average Bonchev–Trinajstić information content (AvgIpc) is 3.04. The van der Waals surface area contributed by atoms with E-state index in [1.165, 1.54) is 0 Å². The van der Waals surface area contributed by atoms with Crippen molar-refractivity contribution in [1.82, 2.24) is 25.1 Å². The zero-order valence-corrected chi connectivity index (χ0v) is 16.6. The Kier molecular flexibility index (Phi) is 6.42. The summed E-state index contributed by atoms with van der Waals surface area (Å²) in [5.74, 6) is 3.17. The Morgan fingerprint density at radius 2 is 2.00 bits per heavy atom. The van der Waals surface area contributed by atoms with E-state index in [4.69, 9.17) is 0 Å². The second-order valence-electron chi connectivity index (χ2n) is 7.48. The Morgan fingerprint density at radius 3 is 2.67 bits per heavy atom. The van der Waals surface area contributed by atoms with Gasteiger partial charge in [0.05, 0.1) is 0 Å². The van der Waals surface area contributed by atoms with Gasteiger partial charge in [0.2, 0.25) is 5.91 Å². The van der Waals surface area contributed by atoms with E-state index in [1.54, 1.807) is 0 Å². The van der Waals surface area contributed by atoms with Crippen molar-refractivity contribution in [3.63, 3.8) is 0 Å². The predicted octanol–water partition coefficient (Wildman–Crippen LogP) is 3.53. The lowest BCUT2D eigenvalue weighted by atomic mass is 9.92. The molecule has 2 aromatic rings. The summed E-state index contributed by atoms with van der Waals surface area (Å²) in [5.41, 5.74) is 2.05. The van der Waals surface area contributed by atoms with E-state index in [9.17, 15) is 4.79 Å². The molecule has 1 fully saturated rings. The van der Waals surface area contributed by atoms with Gasteiger partial charge in [0.15, 0.2) is 5.82 Å². The summed E-state index contributed by atoms with van der Waals surface area (Å²) in [6, 6.07) is 3.96. The topological polar surface area (TPSA) is 86.8 Å². The first-order chi connectivity index (χ1) is 13.0. The Balaban J connectivity index is 1.56. The van der Waals surface area contributed by atoms with Crippen LogP contribution >= 0.6 is 0 Å². The van der Waals surface area contributed by atoms with Gasteiger partial charge >= 0.3 is 0 Å². The lowest BCUT2D eigenvalue weighted by Crippen LogP contribution is -2.38. The van der Waals surface area contributed by atoms with Crippen LogP contribution in [0.5, 0.6) is 0 Å². The first-order valence-electron chi connectivity index (χ1n) is 9.95. The van der Waals surface area contributed by atoms with Crippen LogP contribution in [0, 0.1) is 19.8 Å². The number of carbonyl (C=O) groups is 1. The smallest absolute Gasteiger partial charge is 0.222 e. The molecule has 27 heavy (non-hydrogen) atoms. The van der Waals surface area contributed by atoms with Crippen molar-refractivity contribution in [1.29, 1.82) is 0 Å². The van der Waals surface area contributed by atoms with E-state index < -0.39 is 0 Å². The lowest BCUT2D eigenvalue weighted by Gasteiger charge is -2.32. The van der Waals surface area contributed by atoms with Crippen LogP contribution in [0.3, 0.4) is 0 Å². The number of likely N-dealkylation sites (tertiary alicyclic amines) is 1. The minimum atomic E-state index is 0.314. The standard InChI is InChI=1S/C20H30N6O/c1-4-5-6-20(27)26-9-7-16(8-10-26)12-17-13-18(22-15(3)21-17)23-19-11-14(2)24-25-19/h11,13,16H,4-10,12H2,1-3H3,(H2,21,22,23,24,25). The third-order valence-corrected chi connectivity index (χ3v) is 5.06. The summed E-state index contributed by atoms with van der Waals surface area (Å²) in [6.07, 6.45) is 5.76. The molecule has 0 bridgehead atoms. The minimum Gasteiger partial charge on any atom is -0.343 e. The molecule has 0 atom stereocenters. The number of unbranched alkanes of at least 4 members (excludes halogenated alkanes) is 1. The van der Waals surface area contributed by atoms with Crippen LogP contribution in [0.25, 0.3) is 0 Å². The zero-order valence-electron chi connectivity index (χ0n) is 16.6. The number of aromatic nitrogens is 4. The van der Waals surface area contributed by atoms with Gasteiger partial charge in [-0.3, -0.25) is 9.89 Å². The van der Waals surface area contributed by atoms with E-state index in [0.717, 1.165) is 74.0 Å². The third-order valence-electron chi connectivity index (χ3n) is 5.06. The van der Waals surface area contributed by atoms with E-state index in [0.29, 0.717) is 18.2 Å². The zero-order chi connectivity index (χ0) is 19.2. The fourth-order valence-electron chi connectivity index (χ4n) is 3.58. The number of nitrogens with zero attached hydrogens (tertiary/aromatic N) is 4. The first kappa shape index (κ1) is 19.3. The molecule has 146 valence electrons. The number of rotatable bonds is 7. The van der Waals surface area contributed by atoms with Crippen molar-refractivity contribution in [3.8, 4) is 0 Å². The van der Waals surface area contributed by atoms with Gasteiger partial charge in [-0.15, -0.1) is 0 Å². The second kappa shape index (κ2) is 8.97. The van der Waals surface area contributed by atoms with Gasteiger partial charge < -0.3 is 10.2 Å². The van der Waals surface area contributed by atoms with Crippen LogP contribution in [0.2, 0.25) is 0 Å². The molecule has 0 saturated carbocycles. The number of anilines is 2. The molecule has 0 spiro atoms. The van der Waals surface area contributed by atoms with Crippen molar-refractivity contribution in [2.24, 2.45) is 5.92 Å². The number of hydrogen-bond donors (Lipinski definition) is 2. The highest BCUT2D eigenvalue weighted by Crippen LogP contribution is 2.23. The molecule has 2 N–H and O–H groups in total. The second-order valence-corrected chi connectivity index (χ2v) is 7.48. The number of nitrogens with one attached hydrogen (secondary N) is 2. The van der Waals surface area contributed by atoms with Crippen LogP contribution < -0.4 is 5.32 Å². The van der Waals surface area contributed by atoms with E-state index in [1.807, 2.05) is 30.9 Å². The van der Waals surface area contributed by atoms with Crippen LogP contribution in [-0.4, -0.2) is 44.1 Å². The molecule has 1 amide bonds. The Bertz CT molecular complexity index is 764. The molecule has 0 aromatic carbocycles. The third kappa shape index (κ3) is 5.52. The quantitative estimate of drug-likeness (QED) is 0.778. The molecule has 0 aliphatic carbocycles. The van der Waals surface area contributed by atoms with Crippen LogP contribution in [-0.2, 0) is 11.2 Å². The summed E-state index contributed by atoms with van der Waals surface area (Å²) in [6.45, 7) is 7.75. The lowest BCUT2D eigenvalue weighted by molar-refractivity contribution is -0.132. The molecule has 7 heteroatoms. The average molecular weight is 371 g/mol. The molecular formula is C20H30N6O. The van der Waals surface area contributed by atoms with Gasteiger partial charge in [-0.25, -0.2) is 9.97 Å². The van der Waals surface area contributed by atoms with Crippen molar-refractivity contribution in [3.05, 3.63) is 29.3 Å². The fraction of sp³-hybridized carbons (Fsp3) is 0.600. The fourth-order valence-corrected chi connectivity index (χ4v) is 3.58. The first-order valence-corrected chi connectivity index (χ1v) is 9.95. The van der Waals surface area contributed by atoms with Gasteiger partial charge in [-0.2, -0.15) is 5.10 Å². The number of piperidine rings is 1. The van der Waals surface area contributed by atoms with E-state index >= 15 is 0 Å². The van der Waals surface area contributed by atoms with Gasteiger partial charge in [0.1, 0.15) is 11.6 Å². The molecule has 1 aliphatic rings. The highest BCUT2D eigenvalue weighted by Gasteiger charge is 2.23. The molecule has 7 nitrogen and oxygen atoms in total. The summed E-state index contributed by atoms with van der Waals surface area (Å²) in [5, 5.41) is 10.4. The summed E-state index contributed by atoms with van der Waals surface area (Å²) in [7, 11) is 0. The summed E-state index contributed by atoms with van der Waals surface area (Å²) >= 11 is 0. The highest BCUT2D eigenvalue weighted by molar-refractivity contribution is 5.76. The van der Waals surface area contributed by atoms with Crippen molar-refractivity contribution in [2.75, 3.05) is 18.4 Å². The SMILES string of the molecule is CCCCC(=O)N1CCC(Cc2cc(Nc3cc(C)[nH]n3)nc(C)n2)CC1. The number of H-pyrrole nitrogens is 1. The maximum absolute atomic E-state index is 12.2. The van der Waals surface area contributed by atoms with Crippen LogP contribution in [0.1, 0.15) is 56.2 Å². The highest BCUT2D eigenvalue weighted by atomic mass is 16.2. The maximum atomic E-state index is 12.2. The van der Waals surface area contributed by atoms with Crippen molar-refractivity contribution < 1.29 is 4.79 Å². The largest absolute Gasteiger partial charge is 0.343 e. The normalized spacial score (nSPS) is 15.1. The molecule has 2 aromatic heterocycles. The predicted molar refractivity (Wildman–Crippen MR) is 106 cm³/mol. The number of amides is 1. The molecular weight excluding hydrogens is 340 g/mol. The maximum Gasteiger partial charge on any atom is 0.222 e. The summed E-state index contributed by atoms with van der Waals surface area (Å²) in [4.78, 5) is 23.3. The van der Waals surface area contributed by atoms with Gasteiger partial charge in [0.25, 0.3) is 0 Å². The van der Waals surface area contributed by atoms with Gasteiger partial charge in [0, 0.05) is 43.0 Å². The number of carbonyl (C=O) groups excluding carboxylic acids is 1. The Hall–Kier alpha value is -2.44. The molecule has 1 aliphatic heterocycles. The molecule has 1 saturated heterocycles. The van der Waals surface area contributed by atoms with Crippen LogP contribution in [0.15, 0.2) is 12.1 Å². The van der Waals surface area contributed by atoms with E-state index in [-0.39, 0.29) is 0 Å². The molecule has 0 unspecified atom stereocenters. The van der Waals surface area contributed by atoms with E-state index in [2.05, 4.69) is 32.4 Å².